The van der Waals surface area contributed by atoms with E-state index in [0.717, 1.165) is 24.8 Å². The highest BCUT2D eigenvalue weighted by Crippen LogP contribution is 2.27. The van der Waals surface area contributed by atoms with E-state index in [-0.39, 0.29) is 11.4 Å². The summed E-state index contributed by atoms with van der Waals surface area (Å²) in [5.41, 5.74) is 0.914. The minimum atomic E-state index is -1.38. The maximum Gasteiger partial charge on any atom is 0.319 e. The van der Waals surface area contributed by atoms with Crippen LogP contribution in [0, 0.1) is 0 Å². The number of aliphatic carboxylic acids is 1. The molecule has 1 saturated carbocycles. The molecule has 0 spiro atoms. The smallest absolute Gasteiger partial charge is 0.319 e. The van der Waals surface area contributed by atoms with Gasteiger partial charge >= 0.3 is 5.97 Å². The van der Waals surface area contributed by atoms with Gasteiger partial charge in [0.05, 0.1) is 6.10 Å². The van der Waals surface area contributed by atoms with Crippen molar-refractivity contribution in [1.82, 2.24) is 0 Å². The Morgan fingerprint density at radius 2 is 2.10 bits per heavy atom. The molecule has 1 N–H and O–H groups in total. The molecule has 0 aromatic heterocycles. The molecule has 0 aliphatic heterocycles. The molecule has 1 aromatic carbocycles. The molecule has 0 heterocycles. The topological polar surface area (TPSA) is 63.6 Å². The van der Waals surface area contributed by atoms with Gasteiger partial charge < -0.3 is 9.84 Å². The van der Waals surface area contributed by atoms with Crippen LogP contribution in [0.3, 0.4) is 0 Å². The second-order valence-corrected chi connectivity index (χ2v) is 7.38. The van der Waals surface area contributed by atoms with Crippen molar-refractivity contribution in [3.8, 4) is 0 Å². The third-order valence-corrected chi connectivity index (χ3v) is 6.07. The minimum absolute atomic E-state index is 0.0755. The van der Waals surface area contributed by atoms with E-state index in [1.807, 2.05) is 30.3 Å². The van der Waals surface area contributed by atoms with Gasteiger partial charge in [-0.2, -0.15) is 0 Å². The van der Waals surface area contributed by atoms with Crippen LogP contribution in [-0.2, 0) is 26.8 Å². The van der Waals surface area contributed by atoms with E-state index in [1.54, 1.807) is 7.11 Å². The summed E-state index contributed by atoms with van der Waals surface area (Å²) in [5, 5.41) is 8.52. The van der Waals surface area contributed by atoms with Gasteiger partial charge in [0, 0.05) is 23.2 Å². The lowest BCUT2D eigenvalue weighted by molar-refractivity contribution is -0.136. The van der Waals surface area contributed by atoms with Gasteiger partial charge in [-0.15, -0.1) is 0 Å². The molecule has 0 bridgehead atoms. The first-order valence-electron chi connectivity index (χ1n) is 7.30. The number of ether oxygens (including phenoxy) is 1. The van der Waals surface area contributed by atoms with Crippen LogP contribution in [0.2, 0.25) is 0 Å². The normalized spacial score (nSPS) is 25.2. The molecule has 0 radical (unpaired) electrons. The largest absolute Gasteiger partial charge is 0.480 e. The Hall–Kier alpha value is -1.20. The predicted molar refractivity (Wildman–Crippen MR) is 82.8 cm³/mol. The molecule has 2 rings (SSSR count). The van der Waals surface area contributed by atoms with Crippen LogP contribution >= 0.6 is 0 Å². The SMILES string of the molecule is COC1CCCC(S(=O)C(Cc2ccccc2)C(=O)O)C1. The van der Waals surface area contributed by atoms with Gasteiger partial charge in [0.2, 0.25) is 0 Å². The Balaban J connectivity index is 2.07. The lowest BCUT2D eigenvalue weighted by Crippen LogP contribution is -2.38. The van der Waals surface area contributed by atoms with Crippen LogP contribution < -0.4 is 0 Å². The van der Waals surface area contributed by atoms with Gasteiger partial charge in [0.1, 0.15) is 5.25 Å². The van der Waals surface area contributed by atoms with Crippen LogP contribution in [-0.4, -0.2) is 39.0 Å². The van der Waals surface area contributed by atoms with Gasteiger partial charge in [-0.3, -0.25) is 9.00 Å². The Morgan fingerprint density at radius 1 is 1.38 bits per heavy atom. The fourth-order valence-corrected chi connectivity index (χ4v) is 4.68. The first-order chi connectivity index (χ1) is 10.1. The summed E-state index contributed by atoms with van der Waals surface area (Å²) in [6, 6.07) is 9.40. The summed E-state index contributed by atoms with van der Waals surface area (Å²) < 4.78 is 18.0. The molecule has 1 fully saturated rings. The van der Waals surface area contributed by atoms with Crippen molar-refractivity contribution in [2.24, 2.45) is 0 Å². The second kappa shape index (κ2) is 7.71. The number of hydrogen-bond donors (Lipinski definition) is 1. The number of carboxylic acids is 1. The Kier molecular flexibility index (Phi) is 5.94. The summed E-state index contributed by atoms with van der Waals surface area (Å²) in [4.78, 5) is 11.5. The molecule has 5 heteroatoms. The Labute approximate surface area is 128 Å². The molecular weight excluding hydrogens is 288 g/mol. The lowest BCUT2D eigenvalue weighted by atomic mass is 9.97. The first kappa shape index (κ1) is 16.2. The van der Waals surface area contributed by atoms with Crippen molar-refractivity contribution in [3.63, 3.8) is 0 Å². The maximum absolute atomic E-state index is 12.7. The number of carboxylic acid groups (broad SMARTS) is 1. The number of rotatable bonds is 6. The fourth-order valence-electron chi connectivity index (χ4n) is 2.86. The molecule has 4 atom stereocenters. The maximum atomic E-state index is 12.7. The molecule has 4 nitrogen and oxygen atoms in total. The molecule has 21 heavy (non-hydrogen) atoms. The van der Waals surface area contributed by atoms with Crippen LogP contribution in [0.5, 0.6) is 0 Å². The number of benzene rings is 1. The Bertz CT molecular complexity index is 488. The Morgan fingerprint density at radius 3 is 2.71 bits per heavy atom. The highest BCUT2D eigenvalue weighted by Gasteiger charge is 2.34. The number of carbonyl (C=O) groups is 1. The average molecular weight is 310 g/mol. The van der Waals surface area contributed by atoms with E-state index in [4.69, 9.17) is 4.74 Å². The van der Waals surface area contributed by atoms with Gasteiger partial charge in [-0.05, 0) is 37.7 Å². The molecule has 4 unspecified atom stereocenters. The fraction of sp³-hybridized carbons (Fsp3) is 0.562. The van der Waals surface area contributed by atoms with E-state index in [0.29, 0.717) is 12.8 Å². The monoisotopic (exact) mass is 310 g/mol. The van der Waals surface area contributed by atoms with E-state index >= 15 is 0 Å². The molecule has 1 aliphatic carbocycles. The molecule has 116 valence electrons. The van der Waals surface area contributed by atoms with Crippen LogP contribution in [0.1, 0.15) is 31.2 Å². The van der Waals surface area contributed by atoms with Gasteiger partial charge in [0.25, 0.3) is 0 Å². The zero-order chi connectivity index (χ0) is 15.2. The summed E-state index contributed by atoms with van der Waals surface area (Å²) in [7, 11) is 0.285. The average Bonchev–Trinajstić information content (AvgIpc) is 2.52. The summed E-state index contributed by atoms with van der Waals surface area (Å²) in [6.45, 7) is 0. The van der Waals surface area contributed by atoms with E-state index < -0.39 is 22.0 Å². The molecule has 0 amide bonds. The predicted octanol–water partition coefficient (Wildman–Crippen LogP) is 2.39. The van der Waals surface area contributed by atoms with Crippen molar-refractivity contribution in [2.75, 3.05) is 7.11 Å². The number of methoxy groups -OCH3 is 1. The zero-order valence-corrected chi connectivity index (χ0v) is 13.1. The van der Waals surface area contributed by atoms with E-state index in [2.05, 4.69) is 0 Å². The zero-order valence-electron chi connectivity index (χ0n) is 12.2. The first-order valence-corrected chi connectivity index (χ1v) is 8.58. The lowest BCUT2D eigenvalue weighted by Gasteiger charge is -2.29. The summed E-state index contributed by atoms with van der Waals surface area (Å²) in [5.74, 6) is -0.975. The molecule has 1 aromatic rings. The van der Waals surface area contributed by atoms with Crippen LogP contribution in [0.15, 0.2) is 30.3 Å². The highest BCUT2D eigenvalue weighted by molar-refractivity contribution is 7.87. The van der Waals surface area contributed by atoms with Gasteiger partial charge in [-0.1, -0.05) is 30.3 Å². The molecule has 1 aliphatic rings. The van der Waals surface area contributed by atoms with Gasteiger partial charge in [-0.25, -0.2) is 0 Å². The quantitative estimate of drug-likeness (QED) is 0.876. The highest BCUT2D eigenvalue weighted by atomic mass is 32.2. The molecular formula is C16H22O4S. The van der Waals surface area contributed by atoms with Crippen molar-refractivity contribution in [1.29, 1.82) is 0 Å². The third-order valence-electron chi connectivity index (χ3n) is 4.06. The van der Waals surface area contributed by atoms with Gasteiger partial charge in [0.15, 0.2) is 0 Å². The van der Waals surface area contributed by atoms with Crippen LogP contribution in [0.25, 0.3) is 0 Å². The van der Waals surface area contributed by atoms with E-state index in [1.165, 1.54) is 0 Å². The number of hydrogen-bond acceptors (Lipinski definition) is 3. The second-order valence-electron chi connectivity index (χ2n) is 5.49. The van der Waals surface area contributed by atoms with Crippen molar-refractivity contribution in [2.45, 2.75) is 48.7 Å². The van der Waals surface area contributed by atoms with Crippen molar-refractivity contribution < 1.29 is 18.8 Å². The third kappa shape index (κ3) is 4.38. The van der Waals surface area contributed by atoms with Crippen LogP contribution in [0.4, 0.5) is 0 Å². The molecule has 0 saturated heterocycles. The minimum Gasteiger partial charge on any atom is -0.480 e. The van der Waals surface area contributed by atoms with Crippen molar-refractivity contribution >= 4 is 16.8 Å². The summed E-state index contributed by atoms with van der Waals surface area (Å²) >= 11 is 0. The van der Waals surface area contributed by atoms with Crippen molar-refractivity contribution in [3.05, 3.63) is 35.9 Å². The van der Waals surface area contributed by atoms with E-state index in [9.17, 15) is 14.1 Å². The standard InChI is InChI=1S/C16H22O4S/c1-20-13-8-5-9-14(11-13)21(19)15(16(17)18)10-12-6-3-2-4-7-12/h2-4,6-7,13-15H,5,8-11H2,1H3,(H,17,18). The summed E-state index contributed by atoms with van der Waals surface area (Å²) in [6.07, 6.45) is 3.87.